The van der Waals surface area contributed by atoms with E-state index in [-0.39, 0.29) is 5.75 Å². The van der Waals surface area contributed by atoms with Gasteiger partial charge in [0.1, 0.15) is 5.60 Å². The third-order valence-electron chi connectivity index (χ3n) is 2.42. The van der Waals surface area contributed by atoms with Crippen molar-refractivity contribution in [3.8, 4) is 5.75 Å². The van der Waals surface area contributed by atoms with Crippen LogP contribution in [0.2, 0.25) is 0 Å². The van der Waals surface area contributed by atoms with E-state index in [0.29, 0.717) is 12.0 Å². The Hall–Kier alpha value is -1.09. The van der Waals surface area contributed by atoms with Crippen LogP contribution in [0.3, 0.4) is 0 Å². The molecule has 0 aromatic heterocycles. The van der Waals surface area contributed by atoms with Crippen LogP contribution in [0.25, 0.3) is 0 Å². The summed E-state index contributed by atoms with van der Waals surface area (Å²) in [4.78, 5) is 0. The lowest BCUT2D eigenvalue weighted by molar-refractivity contribution is 0.00802. The molecular formula is C11H13FO2. The van der Waals surface area contributed by atoms with Crippen molar-refractivity contribution < 1.29 is 14.2 Å². The Morgan fingerprint density at radius 2 is 2.21 bits per heavy atom. The van der Waals surface area contributed by atoms with Gasteiger partial charge < -0.3 is 9.84 Å². The van der Waals surface area contributed by atoms with Crippen molar-refractivity contribution in [3.05, 3.63) is 29.6 Å². The zero-order valence-corrected chi connectivity index (χ0v) is 8.25. The molecular weight excluding hydrogens is 183 g/mol. The molecule has 0 aliphatic carbocycles. The van der Waals surface area contributed by atoms with Crippen molar-refractivity contribution in [1.29, 1.82) is 0 Å². The molecule has 0 radical (unpaired) electrons. The minimum absolute atomic E-state index is 0.191. The molecule has 0 bridgehead atoms. The molecule has 14 heavy (non-hydrogen) atoms. The highest BCUT2D eigenvalue weighted by Crippen LogP contribution is 2.40. The molecule has 1 heterocycles. The average Bonchev–Trinajstić information content (AvgIpc) is 2.05. The number of para-hydroxylation sites is 1. The topological polar surface area (TPSA) is 29.5 Å². The first kappa shape index (κ1) is 9.46. The highest BCUT2D eigenvalue weighted by molar-refractivity contribution is 5.39. The lowest BCUT2D eigenvalue weighted by atomic mass is 9.92. The molecule has 1 aromatic carbocycles. The Labute approximate surface area is 82.3 Å². The molecule has 0 spiro atoms. The Bertz CT molecular complexity index is 360. The predicted molar refractivity (Wildman–Crippen MR) is 50.7 cm³/mol. The van der Waals surface area contributed by atoms with Crippen LogP contribution in [0.4, 0.5) is 4.39 Å². The van der Waals surface area contributed by atoms with Crippen molar-refractivity contribution in [2.75, 3.05) is 0 Å². The second-order valence-electron chi connectivity index (χ2n) is 4.24. The van der Waals surface area contributed by atoms with Gasteiger partial charge in [0.05, 0.1) is 6.10 Å². The van der Waals surface area contributed by atoms with E-state index < -0.39 is 17.5 Å². The summed E-state index contributed by atoms with van der Waals surface area (Å²) in [6, 6.07) is 4.62. The summed E-state index contributed by atoms with van der Waals surface area (Å²) < 4.78 is 18.8. The smallest absolute Gasteiger partial charge is 0.165 e. The van der Waals surface area contributed by atoms with E-state index in [1.165, 1.54) is 6.07 Å². The molecule has 1 aliphatic heterocycles. The van der Waals surface area contributed by atoms with Crippen LogP contribution < -0.4 is 4.74 Å². The highest BCUT2D eigenvalue weighted by Gasteiger charge is 2.34. The fraction of sp³-hybridized carbons (Fsp3) is 0.455. The van der Waals surface area contributed by atoms with Crippen LogP contribution in [0.1, 0.15) is 31.9 Å². The van der Waals surface area contributed by atoms with Gasteiger partial charge in [-0.3, -0.25) is 0 Å². The number of halogens is 1. The lowest BCUT2D eigenvalue weighted by Gasteiger charge is -2.35. The zero-order valence-electron chi connectivity index (χ0n) is 8.25. The van der Waals surface area contributed by atoms with E-state index in [2.05, 4.69) is 0 Å². The Balaban J connectivity index is 2.51. The summed E-state index contributed by atoms with van der Waals surface area (Å²) in [6.07, 6.45) is -0.145. The fourth-order valence-electron chi connectivity index (χ4n) is 1.79. The van der Waals surface area contributed by atoms with E-state index in [9.17, 15) is 9.50 Å². The quantitative estimate of drug-likeness (QED) is 0.690. The van der Waals surface area contributed by atoms with Gasteiger partial charge in [0.25, 0.3) is 0 Å². The van der Waals surface area contributed by atoms with E-state index in [1.54, 1.807) is 12.1 Å². The molecule has 2 nitrogen and oxygen atoms in total. The first-order valence-electron chi connectivity index (χ1n) is 4.65. The first-order chi connectivity index (χ1) is 6.49. The van der Waals surface area contributed by atoms with Crippen LogP contribution in [0.15, 0.2) is 18.2 Å². The van der Waals surface area contributed by atoms with Crippen molar-refractivity contribution in [2.24, 2.45) is 0 Å². The van der Waals surface area contributed by atoms with Gasteiger partial charge in [0, 0.05) is 12.0 Å². The molecule has 76 valence electrons. The Kier molecular flexibility index (Phi) is 2.00. The number of aliphatic hydroxyl groups excluding tert-OH is 1. The third kappa shape index (κ3) is 1.48. The summed E-state index contributed by atoms with van der Waals surface area (Å²) in [7, 11) is 0. The van der Waals surface area contributed by atoms with Crippen LogP contribution in [-0.4, -0.2) is 10.7 Å². The molecule has 1 aromatic rings. The predicted octanol–water partition coefficient (Wildman–Crippen LogP) is 2.42. The van der Waals surface area contributed by atoms with Crippen LogP contribution >= 0.6 is 0 Å². The Morgan fingerprint density at radius 1 is 1.50 bits per heavy atom. The van der Waals surface area contributed by atoms with Crippen molar-refractivity contribution >= 4 is 0 Å². The number of rotatable bonds is 0. The van der Waals surface area contributed by atoms with Crippen molar-refractivity contribution in [1.82, 2.24) is 0 Å². The number of hydrogen-bond acceptors (Lipinski definition) is 2. The molecule has 1 atom stereocenters. The summed E-state index contributed by atoms with van der Waals surface area (Å²) in [5.74, 6) is -0.217. The minimum Gasteiger partial charge on any atom is -0.484 e. The summed E-state index contributed by atoms with van der Waals surface area (Å²) >= 11 is 0. The number of ether oxygens (including phenoxy) is 1. The maximum Gasteiger partial charge on any atom is 0.165 e. The SMILES string of the molecule is CC1(C)C[C@H](O)c2cccc(F)c2O1. The molecule has 0 fully saturated rings. The molecule has 0 saturated heterocycles. The molecule has 1 N–H and O–H groups in total. The van der Waals surface area contributed by atoms with Gasteiger partial charge in [0.2, 0.25) is 0 Å². The van der Waals surface area contributed by atoms with Gasteiger partial charge in [0.15, 0.2) is 11.6 Å². The van der Waals surface area contributed by atoms with Gasteiger partial charge in [-0.2, -0.15) is 0 Å². The number of benzene rings is 1. The zero-order chi connectivity index (χ0) is 10.3. The van der Waals surface area contributed by atoms with Crippen LogP contribution in [0, 0.1) is 5.82 Å². The highest BCUT2D eigenvalue weighted by atomic mass is 19.1. The summed E-state index contributed by atoms with van der Waals surface area (Å²) in [6.45, 7) is 3.68. The van der Waals surface area contributed by atoms with E-state index in [0.717, 1.165) is 0 Å². The standard InChI is InChI=1S/C11H13FO2/c1-11(2)6-9(13)7-4-3-5-8(12)10(7)14-11/h3-5,9,13H,6H2,1-2H3/t9-/m0/s1. The lowest BCUT2D eigenvalue weighted by Crippen LogP contribution is -2.35. The van der Waals surface area contributed by atoms with Gasteiger partial charge in [-0.1, -0.05) is 12.1 Å². The molecule has 3 heteroatoms. The molecule has 2 rings (SSSR count). The first-order valence-corrected chi connectivity index (χ1v) is 4.65. The second kappa shape index (κ2) is 2.95. The van der Waals surface area contributed by atoms with Gasteiger partial charge in [-0.15, -0.1) is 0 Å². The third-order valence-corrected chi connectivity index (χ3v) is 2.42. The molecule has 0 unspecified atom stereocenters. The molecule has 1 aliphatic rings. The number of aliphatic hydroxyl groups is 1. The van der Waals surface area contributed by atoms with E-state index in [4.69, 9.17) is 4.74 Å². The molecule has 0 amide bonds. The number of fused-ring (bicyclic) bond motifs is 1. The summed E-state index contributed by atoms with van der Waals surface area (Å²) in [5.41, 5.74) is 0.0403. The molecule has 0 saturated carbocycles. The second-order valence-corrected chi connectivity index (χ2v) is 4.24. The van der Waals surface area contributed by atoms with Crippen LogP contribution in [-0.2, 0) is 0 Å². The van der Waals surface area contributed by atoms with Crippen molar-refractivity contribution in [2.45, 2.75) is 32.0 Å². The number of hydrogen-bond donors (Lipinski definition) is 1. The van der Waals surface area contributed by atoms with Gasteiger partial charge in [-0.25, -0.2) is 4.39 Å². The summed E-state index contributed by atoms with van der Waals surface area (Å²) in [5, 5.41) is 9.77. The minimum atomic E-state index is -0.635. The Morgan fingerprint density at radius 3 is 2.93 bits per heavy atom. The largest absolute Gasteiger partial charge is 0.484 e. The average molecular weight is 196 g/mol. The van der Waals surface area contributed by atoms with Gasteiger partial charge >= 0.3 is 0 Å². The van der Waals surface area contributed by atoms with E-state index in [1.807, 2.05) is 13.8 Å². The van der Waals surface area contributed by atoms with Crippen molar-refractivity contribution in [3.63, 3.8) is 0 Å². The maximum absolute atomic E-state index is 13.4. The fourth-order valence-corrected chi connectivity index (χ4v) is 1.79. The monoisotopic (exact) mass is 196 g/mol. The van der Waals surface area contributed by atoms with Gasteiger partial charge in [-0.05, 0) is 19.9 Å². The van der Waals surface area contributed by atoms with E-state index >= 15 is 0 Å². The van der Waals surface area contributed by atoms with Crippen LogP contribution in [0.5, 0.6) is 5.75 Å². The maximum atomic E-state index is 13.4. The normalized spacial score (nSPS) is 23.9.